The molecule has 142 valence electrons. The van der Waals surface area contributed by atoms with Gasteiger partial charge in [-0.1, -0.05) is 11.6 Å². The monoisotopic (exact) mass is 368 g/mol. The number of aryl methyl sites for hydroxylation is 1. The Morgan fingerprint density at radius 3 is 2.48 bits per heavy atom. The lowest BCUT2D eigenvalue weighted by Crippen LogP contribution is -2.36. The van der Waals surface area contributed by atoms with Crippen molar-refractivity contribution in [2.75, 3.05) is 44.9 Å². The summed E-state index contributed by atoms with van der Waals surface area (Å²) in [6, 6.07) is 12.8. The number of benzene rings is 2. The van der Waals surface area contributed by atoms with Gasteiger partial charge < -0.3 is 19.7 Å². The van der Waals surface area contributed by atoms with Gasteiger partial charge in [-0.2, -0.15) is 0 Å². The molecule has 0 bridgehead atoms. The van der Waals surface area contributed by atoms with E-state index in [0.717, 1.165) is 37.6 Å². The van der Waals surface area contributed by atoms with Crippen LogP contribution in [-0.2, 0) is 4.74 Å². The van der Waals surface area contributed by atoms with Crippen LogP contribution in [-0.4, -0.2) is 51.6 Å². The third-order valence-electron chi connectivity index (χ3n) is 4.57. The SMILES string of the molecule is COc1ccc(C)cc1C(=O)NCC(=O)c1ccc(N2CCOCC2)cc1. The van der Waals surface area contributed by atoms with Gasteiger partial charge in [-0.05, 0) is 43.3 Å². The molecule has 6 nitrogen and oxygen atoms in total. The van der Waals surface area contributed by atoms with Crippen molar-refractivity contribution in [3.05, 3.63) is 59.2 Å². The number of hydrogen-bond donors (Lipinski definition) is 1. The number of ether oxygens (including phenoxy) is 2. The Morgan fingerprint density at radius 1 is 1.11 bits per heavy atom. The predicted molar refractivity (Wildman–Crippen MR) is 104 cm³/mol. The molecule has 0 atom stereocenters. The zero-order chi connectivity index (χ0) is 19.2. The molecule has 1 N–H and O–H groups in total. The molecule has 27 heavy (non-hydrogen) atoms. The number of nitrogens with zero attached hydrogens (tertiary/aromatic N) is 1. The average Bonchev–Trinajstić information content (AvgIpc) is 2.72. The van der Waals surface area contributed by atoms with E-state index in [1.54, 1.807) is 24.3 Å². The maximum Gasteiger partial charge on any atom is 0.255 e. The fourth-order valence-corrected chi connectivity index (χ4v) is 3.04. The highest BCUT2D eigenvalue weighted by Crippen LogP contribution is 2.20. The number of rotatable bonds is 6. The zero-order valence-corrected chi connectivity index (χ0v) is 15.7. The fraction of sp³-hybridized carbons (Fsp3) is 0.333. The average molecular weight is 368 g/mol. The van der Waals surface area contributed by atoms with Crippen LogP contribution in [0.1, 0.15) is 26.3 Å². The minimum Gasteiger partial charge on any atom is -0.496 e. The minimum absolute atomic E-state index is 0.0627. The summed E-state index contributed by atoms with van der Waals surface area (Å²) in [5.41, 5.74) is 3.02. The van der Waals surface area contributed by atoms with Crippen LogP contribution < -0.4 is 15.0 Å². The van der Waals surface area contributed by atoms with E-state index in [4.69, 9.17) is 9.47 Å². The van der Waals surface area contributed by atoms with E-state index in [1.807, 2.05) is 25.1 Å². The molecular formula is C21H24N2O4. The molecule has 0 radical (unpaired) electrons. The molecule has 3 rings (SSSR count). The van der Waals surface area contributed by atoms with Crippen LogP contribution >= 0.6 is 0 Å². The molecule has 0 aliphatic carbocycles. The van der Waals surface area contributed by atoms with Crippen molar-refractivity contribution < 1.29 is 19.1 Å². The topological polar surface area (TPSA) is 67.9 Å². The first-order valence-corrected chi connectivity index (χ1v) is 8.97. The van der Waals surface area contributed by atoms with Crippen LogP contribution in [0.4, 0.5) is 5.69 Å². The third-order valence-corrected chi connectivity index (χ3v) is 4.57. The van der Waals surface area contributed by atoms with Crippen LogP contribution in [0.2, 0.25) is 0 Å². The van der Waals surface area contributed by atoms with E-state index in [9.17, 15) is 9.59 Å². The summed E-state index contributed by atoms with van der Waals surface area (Å²) in [7, 11) is 1.52. The number of methoxy groups -OCH3 is 1. The predicted octanol–water partition coefficient (Wildman–Crippen LogP) is 2.45. The minimum atomic E-state index is -0.325. The molecule has 1 aliphatic heterocycles. The fourth-order valence-electron chi connectivity index (χ4n) is 3.04. The van der Waals surface area contributed by atoms with Gasteiger partial charge in [0.2, 0.25) is 0 Å². The number of ketones is 1. The van der Waals surface area contributed by atoms with E-state index in [1.165, 1.54) is 7.11 Å². The number of hydrogen-bond acceptors (Lipinski definition) is 5. The van der Waals surface area contributed by atoms with Crippen LogP contribution in [0.3, 0.4) is 0 Å². The lowest BCUT2D eigenvalue weighted by molar-refractivity contribution is 0.0902. The van der Waals surface area contributed by atoms with Crippen LogP contribution in [0, 0.1) is 6.92 Å². The normalized spacial score (nSPS) is 13.9. The first-order chi connectivity index (χ1) is 13.1. The van der Waals surface area contributed by atoms with Gasteiger partial charge in [-0.15, -0.1) is 0 Å². The molecule has 0 saturated carbocycles. The summed E-state index contributed by atoms with van der Waals surface area (Å²) >= 11 is 0. The maximum atomic E-state index is 12.4. The standard InChI is InChI=1S/C21H24N2O4/c1-15-3-8-20(26-2)18(13-15)21(25)22-14-19(24)16-4-6-17(7-5-16)23-9-11-27-12-10-23/h3-8,13H,9-12,14H2,1-2H3,(H,22,25). The van der Waals surface area contributed by atoms with E-state index in [0.29, 0.717) is 16.9 Å². The molecule has 1 fully saturated rings. The second-order valence-electron chi connectivity index (χ2n) is 6.46. The molecule has 1 amide bonds. The van der Waals surface area contributed by atoms with Crippen molar-refractivity contribution in [3.63, 3.8) is 0 Å². The van der Waals surface area contributed by atoms with Gasteiger partial charge in [0.1, 0.15) is 5.75 Å². The van der Waals surface area contributed by atoms with Crippen LogP contribution in [0.25, 0.3) is 0 Å². The number of carbonyl (C=O) groups is 2. The lowest BCUT2D eigenvalue weighted by Gasteiger charge is -2.28. The number of Topliss-reactive ketones (excluding diaryl/α,β-unsaturated/α-hetero) is 1. The number of nitrogens with one attached hydrogen (secondary N) is 1. The zero-order valence-electron chi connectivity index (χ0n) is 15.7. The second-order valence-corrected chi connectivity index (χ2v) is 6.46. The molecule has 2 aromatic carbocycles. The van der Waals surface area contributed by atoms with Gasteiger partial charge in [0.15, 0.2) is 5.78 Å². The summed E-state index contributed by atoms with van der Waals surface area (Å²) in [4.78, 5) is 27.0. The van der Waals surface area contributed by atoms with Crippen molar-refractivity contribution >= 4 is 17.4 Å². The van der Waals surface area contributed by atoms with E-state index in [-0.39, 0.29) is 18.2 Å². The first-order valence-electron chi connectivity index (χ1n) is 8.97. The molecule has 1 aliphatic rings. The Bertz CT molecular complexity index is 811. The molecule has 0 unspecified atom stereocenters. The van der Waals surface area contributed by atoms with Crippen molar-refractivity contribution in [2.45, 2.75) is 6.92 Å². The smallest absolute Gasteiger partial charge is 0.255 e. The van der Waals surface area contributed by atoms with E-state index < -0.39 is 0 Å². The summed E-state index contributed by atoms with van der Waals surface area (Å²) < 4.78 is 10.6. The highest BCUT2D eigenvalue weighted by Gasteiger charge is 2.15. The molecule has 6 heteroatoms. The Morgan fingerprint density at radius 2 is 1.81 bits per heavy atom. The van der Waals surface area contributed by atoms with Gasteiger partial charge >= 0.3 is 0 Å². The van der Waals surface area contributed by atoms with Crippen molar-refractivity contribution in [2.24, 2.45) is 0 Å². The summed E-state index contributed by atoms with van der Waals surface area (Å²) in [5.74, 6) is 0.0257. The van der Waals surface area contributed by atoms with Crippen LogP contribution in [0.15, 0.2) is 42.5 Å². The highest BCUT2D eigenvalue weighted by molar-refractivity contribution is 6.03. The van der Waals surface area contributed by atoms with Gasteiger partial charge in [0, 0.05) is 24.3 Å². The number of carbonyl (C=O) groups excluding carboxylic acids is 2. The summed E-state index contributed by atoms with van der Waals surface area (Å²) in [6.07, 6.45) is 0. The Labute approximate surface area is 159 Å². The maximum absolute atomic E-state index is 12.4. The highest BCUT2D eigenvalue weighted by atomic mass is 16.5. The molecule has 1 saturated heterocycles. The lowest BCUT2D eigenvalue weighted by atomic mass is 10.1. The van der Waals surface area contributed by atoms with Gasteiger partial charge in [-0.25, -0.2) is 0 Å². The van der Waals surface area contributed by atoms with Crippen molar-refractivity contribution in [3.8, 4) is 5.75 Å². The van der Waals surface area contributed by atoms with Gasteiger partial charge in [0.05, 0.1) is 32.4 Å². The van der Waals surface area contributed by atoms with Gasteiger partial charge in [0.25, 0.3) is 5.91 Å². The number of anilines is 1. The number of amides is 1. The Hall–Kier alpha value is -2.86. The third kappa shape index (κ3) is 4.65. The Kier molecular flexibility index (Phi) is 6.08. The Balaban J connectivity index is 1.60. The van der Waals surface area contributed by atoms with E-state index >= 15 is 0 Å². The molecule has 2 aromatic rings. The summed E-state index contributed by atoms with van der Waals surface area (Å²) in [6.45, 7) is 4.97. The molecule has 0 aromatic heterocycles. The number of morpholine rings is 1. The second kappa shape index (κ2) is 8.68. The molecule has 0 spiro atoms. The van der Waals surface area contributed by atoms with Gasteiger partial charge in [-0.3, -0.25) is 9.59 Å². The quantitative estimate of drug-likeness (QED) is 0.794. The van der Waals surface area contributed by atoms with Crippen LogP contribution in [0.5, 0.6) is 5.75 Å². The van der Waals surface area contributed by atoms with Crippen molar-refractivity contribution in [1.82, 2.24) is 5.32 Å². The largest absolute Gasteiger partial charge is 0.496 e. The molecule has 1 heterocycles. The van der Waals surface area contributed by atoms with Crippen molar-refractivity contribution in [1.29, 1.82) is 0 Å². The summed E-state index contributed by atoms with van der Waals surface area (Å²) in [5, 5.41) is 2.68. The first kappa shape index (κ1) is 18.9. The van der Waals surface area contributed by atoms with E-state index in [2.05, 4.69) is 10.2 Å². The molecular weight excluding hydrogens is 344 g/mol.